The molecule has 0 atom stereocenters. The summed E-state index contributed by atoms with van der Waals surface area (Å²) in [6, 6.07) is 0. The minimum atomic E-state index is -1.50. The van der Waals surface area contributed by atoms with Crippen molar-refractivity contribution in [3.05, 3.63) is 20.2 Å². The van der Waals surface area contributed by atoms with Gasteiger partial charge in [0.1, 0.15) is 0 Å². The van der Waals surface area contributed by atoms with Gasteiger partial charge in [0, 0.05) is 27.3 Å². The van der Waals surface area contributed by atoms with Crippen molar-refractivity contribution in [3.8, 4) is 0 Å². The summed E-state index contributed by atoms with van der Waals surface area (Å²) < 4.78 is 0. The predicted octanol–water partition coefficient (Wildman–Crippen LogP) is -0.616. The third-order valence-electron chi connectivity index (χ3n) is 0.133. The zero-order valence-corrected chi connectivity index (χ0v) is 6.60. The fourth-order valence-electron chi connectivity index (χ4n) is 0.0544. The fraction of sp³-hybridized carbons (Fsp3) is 0. The van der Waals surface area contributed by atoms with Gasteiger partial charge in [0.15, 0.2) is 0 Å². The Hall–Kier alpha value is -0.660. The molecule has 0 aliphatic rings. The maximum Gasteiger partial charge on any atom is 0.356 e. The second-order valence-corrected chi connectivity index (χ2v) is 0.529. The summed E-state index contributed by atoms with van der Waals surface area (Å²) in [6.45, 7) is 0. The van der Waals surface area contributed by atoms with Gasteiger partial charge < -0.3 is 0 Å². The van der Waals surface area contributed by atoms with E-state index in [1.807, 2.05) is 0 Å². The van der Waals surface area contributed by atoms with Crippen molar-refractivity contribution in [2.75, 3.05) is 0 Å². The first kappa shape index (κ1) is 10.3. The molecule has 0 fully saturated rings. The van der Waals surface area contributed by atoms with E-state index in [0.29, 0.717) is 0 Å². The van der Waals surface area contributed by atoms with Gasteiger partial charge in [-0.2, -0.15) is 0 Å². The van der Waals surface area contributed by atoms with Crippen LogP contribution in [0, 0.1) is 20.2 Å². The Labute approximate surface area is 58.3 Å². The van der Waals surface area contributed by atoms with Crippen molar-refractivity contribution >= 4 is 0 Å². The van der Waals surface area contributed by atoms with Crippen molar-refractivity contribution in [1.29, 1.82) is 0 Å². The summed E-state index contributed by atoms with van der Waals surface area (Å²) in [5.74, 6) is 0. The van der Waals surface area contributed by atoms with Gasteiger partial charge in [-0.1, -0.05) is 0 Å². The zero-order chi connectivity index (χ0) is 5.86. The van der Waals surface area contributed by atoms with Crippen molar-refractivity contribution in [2.45, 2.75) is 0 Å². The van der Waals surface area contributed by atoms with Crippen LogP contribution in [0.5, 0.6) is 0 Å². The summed E-state index contributed by atoms with van der Waals surface area (Å²) in [4.78, 5) is 20.6. The van der Waals surface area contributed by atoms with Gasteiger partial charge in [-0.3, -0.25) is 0 Å². The largest absolute Gasteiger partial charge is 0.356 e. The molecule has 0 aliphatic carbocycles. The van der Waals surface area contributed by atoms with Crippen molar-refractivity contribution in [2.24, 2.45) is 0 Å². The first-order valence-electron chi connectivity index (χ1n) is 1.10. The number of nitrogens with zero attached hydrogens (tertiary/aromatic N) is 2. The van der Waals surface area contributed by atoms with Crippen LogP contribution >= 0.6 is 0 Å². The van der Waals surface area contributed by atoms with Crippen LogP contribution < -0.4 is 0 Å². The summed E-state index contributed by atoms with van der Waals surface area (Å²) in [6.07, 6.45) is 0. The molecule has 0 aromatic rings. The van der Waals surface area contributed by atoms with E-state index in [9.17, 15) is 0 Å². The van der Waals surface area contributed by atoms with Crippen molar-refractivity contribution < 1.29 is 37.5 Å². The molecule has 0 saturated heterocycles. The van der Waals surface area contributed by atoms with Crippen LogP contribution in [0.3, 0.4) is 0 Å². The Morgan fingerprint density at radius 3 is 1.38 bits per heavy atom. The monoisotopic (exact) mass is 289 g/mol. The first-order chi connectivity index (χ1) is 3.13. The quantitative estimate of drug-likeness (QED) is 0.499. The van der Waals surface area contributed by atoms with Gasteiger partial charge in [-0.05, 0) is 0 Å². The van der Waals surface area contributed by atoms with Crippen LogP contribution in [-0.4, -0.2) is 10.2 Å². The third-order valence-corrected chi connectivity index (χ3v) is 0.133. The average molecular weight is 289 g/mol. The van der Waals surface area contributed by atoms with Crippen LogP contribution in [-0.2, 0) is 27.3 Å². The molecule has 45 valence electrons. The van der Waals surface area contributed by atoms with Crippen LogP contribution in [0.1, 0.15) is 0 Å². The molecule has 0 amide bonds. The molecule has 8 heteroatoms. The van der Waals surface area contributed by atoms with Gasteiger partial charge in [-0.25, -0.2) is 0 Å². The van der Waals surface area contributed by atoms with E-state index in [-0.39, 0.29) is 22.4 Å². The standard InChI is InChI=1S/N2O5.Ta/c3-1(4)7-2(5)6;. The van der Waals surface area contributed by atoms with Crippen LogP contribution in [0.2, 0.25) is 0 Å². The van der Waals surface area contributed by atoms with E-state index < -0.39 is 10.2 Å². The normalized spacial score (nSPS) is 6.50. The maximum absolute atomic E-state index is 8.95. The number of hydrogen-bond acceptors (Lipinski definition) is 5. The van der Waals surface area contributed by atoms with Crippen LogP contribution in [0.4, 0.5) is 0 Å². The van der Waals surface area contributed by atoms with Gasteiger partial charge in [0.2, 0.25) is 0 Å². The second kappa shape index (κ2) is 4.50. The maximum atomic E-state index is 8.95. The molecule has 7 nitrogen and oxygen atoms in total. The average Bonchev–Trinajstić information content (AvgIpc) is 1.27. The summed E-state index contributed by atoms with van der Waals surface area (Å²) >= 11 is 0. The second-order valence-electron chi connectivity index (χ2n) is 0.529. The summed E-state index contributed by atoms with van der Waals surface area (Å²) in [5.41, 5.74) is 0. The van der Waals surface area contributed by atoms with E-state index in [0.717, 1.165) is 0 Å². The van der Waals surface area contributed by atoms with Gasteiger partial charge in [-0.15, -0.1) is 20.2 Å². The van der Waals surface area contributed by atoms with Gasteiger partial charge >= 0.3 is 10.2 Å². The Kier molecular flexibility index (Phi) is 5.82. The molecule has 8 heavy (non-hydrogen) atoms. The molecule has 1 radical (unpaired) electrons. The summed E-state index contributed by atoms with van der Waals surface area (Å²) in [7, 11) is 0. The predicted molar refractivity (Wildman–Crippen MR) is 15.1 cm³/mol. The molecule has 0 saturated carbocycles. The van der Waals surface area contributed by atoms with E-state index in [1.54, 1.807) is 0 Å². The molecule has 0 aromatic heterocycles. The van der Waals surface area contributed by atoms with Crippen LogP contribution in [0.25, 0.3) is 0 Å². The van der Waals surface area contributed by atoms with E-state index in [1.165, 1.54) is 0 Å². The molecule has 0 unspecified atom stereocenters. The number of hydrogen-bond donors (Lipinski definition) is 0. The molecule has 0 aromatic carbocycles. The molecule has 0 N–H and O–H groups in total. The molecular weight excluding hydrogens is 289 g/mol. The minimum absolute atomic E-state index is 0. The minimum Gasteiger partial charge on any atom is -0.105 e. The van der Waals surface area contributed by atoms with Crippen LogP contribution in [0.15, 0.2) is 0 Å². The fourth-order valence-corrected chi connectivity index (χ4v) is 0.0544. The smallest absolute Gasteiger partial charge is 0.105 e. The third kappa shape index (κ3) is 9.02. The van der Waals surface area contributed by atoms with Gasteiger partial charge in [0.25, 0.3) is 0 Å². The van der Waals surface area contributed by atoms with E-state index >= 15 is 0 Å². The Morgan fingerprint density at radius 1 is 1.12 bits per heavy atom. The Balaban J connectivity index is 0. The topological polar surface area (TPSA) is 95.5 Å². The van der Waals surface area contributed by atoms with E-state index in [4.69, 9.17) is 20.2 Å². The molecule has 0 heterocycles. The zero-order valence-electron chi connectivity index (χ0n) is 3.38. The van der Waals surface area contributed by atoms with Gasteiger partial charge in [0.05, 0.1) is 0 Å². The van der Waals surface area contributed by atoms with Crippen molar-refractivity contribution in [1.82, 2.24) is 0 Å². The molecule has 0 aliphatic heterocycles. The number of rotatable bonds is 2. The molecular formula is N2O5Ta. The van der Waals surface area contributed by atoms with Crippen molar-refractivity contribution in [3.63, 3.8) is 0 Å². The molecule has 0 bridgehead atoms. The summed E-state index contributed by atoms with van der Waals surface area (Å²) in [5, 5.41) is 14.9. The van der Waals surface area contributed by atoms with E-state index in [2.05, 4.69) is 4.94 Å². The SMILES string of the molecule is O=[N+]([O-])O[N+](=O)[O-].[Ta]. The molecule has 0 spiro atoms. The Morgan fingerprint density at radius 2 is 1.38 bits per heavy atom. The first-order valence-corrected chi connectivity index (χ1v) is 1.10. The Bertz CT molecular complexity index is 86.6. The molecule has 0 rings (SSSR count).